The molecule has 1 N–H and O–H groups in total. The Morgan fingerprint density at radius 1 is 1.43 bits per heavy atom. The third-order valence-electron chi connectivity index (χ3n) is 3.17. The summed E-state index contributed by atoms with van der Waals surface area (Å²) in [5, 5.41) is 2.41. The number of esters is 1. The molecule has 0 saturated carbocycles. The van der Waals surface area contributed by atoms with E-state index in [1.165, 1.54) is 7.05 Å². The number of ether oxygens (including phenoxy) is 2. The first kappa shape index (κ1) is 15.9. The van der Waals surface area contributed by atoms with E-state index in [-0.39, 0.29) is 18.6 Å². The predicted octanol–water partition coefficient (Wildman–Crippen LogP) is 1.86. The molecule has 1 aromatic rings. The highest BCUT2D eigenvalue weighted by Gasteiger charge is 2.18. The number of nitrogens with one attached hydrogen (secondary N) is 1. The lowest BCUT2D eigenvalue weighted by Crippen LogP contribution is -2.25. The zero-order valence-corrected chi connectivity index (χ0v) is 12.8. The van der Waals surface area contributed by atoms with Crippen LogP contribution < -0.4 is 5.32 Å². The number of rotatable bonds is 6. The van der Waals surface area contributed by atoms with Gasteiger partial charge >= 0.3 is 5.97 Å². The summed E-state index contributed by atoms with van der Waals surface area (Å²) in [4.78, 5) is 24.0. The van der Waals surface area contributed by atoms with Gasteiger partial charge in [-0.05, 0) is 25.0 Å². The van der Waals surface area contributed by atoms with Crippen LogP contribution in [0.1, 0.15) is 23.2 Å². The normalized spacial score (nSPS) is 17.5. The first-order chi connectivity index (χ1) is 10.2. The molecule has 2 rings (SSSR count). The van der Waals surface area contributed by atoms with E-state index in [1.54, 1.807) is 23.9 Å². The zero-order valence-electron chi connectivity index (χ0n) is 12.0. The number of hydrogen-bond donors (Lipinski definition) is 1. The molecule has 0 unspecified atom stereocenters. The minimum Gasteiger partial charge on any atom is -0.452 e. The van der Waals surface area contributed by atoms with Crippen LogP contribution in [0.5, 0.6) is 0 Å². The number of carbonyl (C=O) groups excluding carboxylic acids is 2. The summed E-state index contributed by atoms with van der Waals surface area (Å²) in [5.41, 5.74) is 0.490. The van der Waals surface area contributed by atoms with Crippen molar-refractivity contribution in [3.05, 3.63) is 29.8 Å². The molecular weight excluding hydrogens is 290 g/mol. The fourth-order valence-corrected chi connectivity index (χ4v) is 3.11. The van der Waals surface area contributed by atoms with Gasteiger partial charge in [-0.3, -0.25) is 4.79 Å². The molecule has 21 heavy (non-hydrogen) atoms. The number of hydrogen-bond acceptors (Lipinski definition) is 5. The van der Waals surface area contributed by atoms with E-state index < -0.39 is 5.97 Å². The smallest absolute Gasteiger partial charge is 0.339 e. The molecule has 0 spiro atoms. The molecule has 1 aromatic carbocycles. The first-order valence-corrected chi connectivity index (χ1v) is 7.90. The number of likely N-dealkylation sites (N-methyl/N-ethyl adjacent to an activating group) is 1. The topological polar surface area (TPSA) is 64.6 Å². The van der Waals surface area contributed by atoms with Gasteiger partial charge in [0.25, 0.3) is 5.91 Å². The van der Waals surface area contributed by atoms with Gasteiger partial charge in [-0.15, -0.1) is 11.8 Å². The van der Waals surface area contributed by atoms with Crippen molar-refractivity contribution in [1.29, 1.82) is 0 Å². The van der Waals surface area contributed by atoms with Gasteiger partial charge in [0.1, 0.15) is 0 Å². The maximum absolute atomic E-state index is 12.0. The van der Waals surface area contributed by atoms with Gasteiger partial charge in [-0.25, -0.2) is 4.79 Å². The van der Waals surface area contributed by atoms with Crippen LogP contribution in [0.2, 0.25) is 0 Å². The Morgan fingerprint density at radius 3 is 2.95 bits per heavy atom. The fourth-order valence-electron chi connectivity index (χ4n) is 2.00. The number of benzene rings is 1. The fraction of sp³-hybridized carbons (Fsp3) is 0.467. The summed E-state index contributed by atoms with van der Waals surface area (Å²) in [7, 11) is 1.50. The van der Waals surface area contributed by atoms with E-state index in [9.17, 15) is 9.59 Å². The highest BCUT2D eigenvalue weighted by atomic mass is 32.2. The standard InChI is InChI=1S/C15H19NO4S/c1-16-14(17)9-20-15(18)12-6-2-3-7-13(12)21-10-11-5-4-8-19-11/h2-3,6-7,11H,4-5,8-10H2,1H3,(H,16,17)/t11-/m1/s1. The predicted molar refractivity (Wildman–Crippen MR) is 80.5 cm³/mol. The molecule has 1 aliphatic rings. The quantitative estimate of drug-likeness (QED) is 0.642. The Hall–Kier alpha value is -1.53. The molecule has 114 valence electrons. The zero-order chi connectivity index (χ0) is 15.1. The largest absolute Gasteiger partial charge is 0.452 e. The second kappa shape index (κ2) is 8.05. The van der Waals surface area contributed by atoms with Crippen LogP contribution in [-0.2, 0) is 14.3 Å². The molecule has 1 amide bonds. The van der Waals surface area contributed by atoms with Crippen molar-refractivity contribution in [2.24, 2.45) is 0 Å². The van der Waals surface area contributed by atoms with Crippen LogP contribution in [0.15, 0.2) is 29.2 Å². The van der Waals surface area contributed by atoms with Gasteiger partial charge in [0.15, 0.2) is 6.61 Å². The van der Waals surface area contributed by atoms with Gasteiger partial charge in [-0.1, -0.05) is 12.1 Å². The molecule has 5 nitrogen and oxygen atoms in total. The van der Waals surface area contributed by atoms with E-state index in [2.05, 4.69) is 5.32 Å². The van der Waals surface area contributed by atoms with Gasteiger partial charge in [-0.2, -0.15) is 0 Å². The van der Waals surface area contributed by atoms with Crippen molar-refractivity contribution < 1.29 is 19.1 Å². The van der Waals surface area contributed by atoms with Crippen LogP contribution in [0, 0.1) is 0 Å². The molecule has 1 saturated heterocycles. The Balaban J connectivity index is 1.94. The van der Waals surface area contributed by atoms with Gasteiger partial charge < -0.3 is 14.8 Å². The Labute approximate surface area is 128 Å². The summed E-state index contributed by atoms with van der Waals surface area (Å²) < 4.78 is 10.6. The molecule has 0 aliphatic carbocycles. The average molecular weight is 309 g/mol. The van der Waals surface area contributed by atoms with Crippen molar-refractivity contribution in [1.82, 2.24) is 5.32 Å². The molecule has 1 fully saturated rings. The summed E-state index contributed by atoms with van der Waals surface area (Å²) >= 11 is 1.59. The van der Waals surface area contributed by atoms with Crippen molar-refractivity contribution >= 4 is 23.6 Å². The Morgan fingerprint density at radius 2 is 2.24 bits per heavy atom. The third kappa shape index (κ3) is 4.75. The van der Waals surface area contributed by atoms with Crippen molar-refractivity contribution in [2.75, 3.05) is 26.0 Å². The van der Waals surface area contributed by atoms with Crippen LogP contribution in [0.25, 0.3) is 0 Å². The second-order valence-corrected chi connectivity index (χ2v) is 5.75. The second-order valence-electron chi connectivity index (χ2n) is 4.69. The number of carbonyl (C=O) groups is 2. The molecule has 1 heterocycles. The molecule has 1 aliphatic heterocycles. The van der Waals surface area contributed by atoms with E-state index in [1.807, 2.05) is 12.1 Å². The molecule has 0 radical (unpaired) electrons. The van der Waals surface area contributed by atoms with Gasteiger partial charge in [0.05, 0.1) is 11.7 Å². The summed E-state index contributed by atoms with van der Waals surface area (Å²) in [6.07, 6.45) is 2.42. The molecule has 6 heteroatoms. The molecule has 0 aromatic heterocycles. The monoisotopic (exact) mass is 309 g/mol. The lowest BCUT2D eigenvalue weighted by molar-refractivity contribution is -0.123. The van der Waals surface area contributed by atoms with Crippen LogP contribution in [-0.4, -0.2) is 44.0 Å². The maximum atomic E-state index is 12.0. The highest BCUT2D eigenvalue weighted by molar-refractivity contribution is 7.99. The number of thioether (sulfide) groups is 1. The van der Waals surface area contributed by atoms with E-state index in [0.717, 1.165) is 30.1 Å². The minimum absolute atomic E-state index is 0.255. The maximum Gasteiger partial charge on any atom is 0.339 e. The van der Waals surface area contributed by atoms with Crippen molar-refractivity contribution in [2.45, 2.75) is 23.8 Å². The average Bonchev–Trinajstić information content (AvgIpc) is 3.04. The van der Waals surface area contributed by atoms with Crippen LogP contribution in [0.4, 0.5) is 0 Å². The summed E-state index contributed by atoms with van der Waals surface area (Å²) in [5.74, 6) is 0.0154. The van der Waals surface area contributed by atoms with Crippen LogP contribution >= 0.6 is 11.8 Å². The molecule has 0 bridgehead atoms. The Kier molecular flexibility index (Phi) is 6.07. The van der Waals surface area contributed by atoms with E-state index in [4.69, 9.17) is 9.47 Å². The summed E-state index contributed by atoms with van der Waals surface area (Å²) in [6, 6.07) is 7.26. The lowest BCUT2D eigenvalue weighted by Gasteiger charge is -2.11. The van der Waals surface area contributed by atoms with E-state index in [0.29, 0.717) is 5.56 Å². The first-order valence-electron chi connectivity index (χ1n) is 6.92. The van der Waals surface area contributed by atoms with Crippen molar-refractivity contribution in [3.63, 3.8) is 0 Å². The highest BCUT2D eigenvalue weighted by Crippen LogP contribution is 2.27. The van der Waals surface area contributed by atoms with Crippen LogP contribution in [0.3, 0.4) is 0 Å². The van der Waals surface area contributed by atoms with Crippen molar-refractivity contribution in [3.8, 4) is 0 Å². The third-order valence-corrected chi connectivity index (χ3v) is 4.37. The summed E-state index contributed by atoms with van der Waals surface area (Å²) in [6.45, 7) is 0.557. The Bertz CT molecular complexity index is 500. The molecule has 1 atom stereocenters. The minimum atomic E-state index is -0.478. The molecular formula is C15H19NO4S. The van der Waals surface area contributed by atoms with E-state index >= 15 is 0 Å². The SMILES string of the molecule is CNC(=O)COC(=O)c1ccccc1SC[C@H]1CCCO1. The number of amides is 1. The lowest BCUT2D eigenvalue weighted by atomic mass is 10.2. The van der Waals surface area contributed by atoms with Gasteiger partial charge in [0.2, 0.25) is 0 Å². The van der Waals surface area contributed by atoms with Gasteiger partial charge in [0, 0.05) is 24.3 Å².